The predicted octanol–water partition coefficient (Wildman–Crippen LogP) is -0.109. The maximum absolute atomic E-state index is 11.7. The zero-order chi connectivity index (χ0) is 13.8. The van der Waals surface area contributed by atoms with Gasteiger partial charge in [-0.2, -0.15) is 0 Å². The van der Waals surface area contributed by atoms with Crippen molar-refractivity contribution in [3.63, 3.8) is 0 Å². The third kappa shape index (κ3) is 3.67. The fourth-order valence-corrected chi connectivity index (χ4v) is 3.18. The first-order valence-corrected chi connectivity index (χ1v) is 7.15. The lowest BCUT2D eigenvalue weighted by Gasteiger charge is -2.17. The molecule has 2 fully saturated rings. The van der Waals surface area contributed by atoms with Gasteiger partial charge in [-0.3, -0.25) is 15.0 Å². The average molecular weight is 268 g/mol. The van der Waals surface area contributed by atoms with E-state index in [0.29, 0.717) is 24.9 Å². The van der Waals surface area contributed by atoms with E-state index in [1.165, 1.54) is 6.42 Å². The Hall–Kier alpha value is -1.14. The molecular weight excluding hydrogens is 244 g/mol. The maximum Gasteiger partial charge on any atom is 0.321 e. The van der Waals surface area contributed by atoms with Gasteiger partial charge in [0.25, 0.3) is 0 Å². The smallest absolute Gasteiger partial charge is 0.321 e. The third-order valence-corrected chi connectivity index (χ3v) is 4.14. The number of hydrogen-bond acceptors (Lipinski definition) is 4. The first-order chi connectivity index (χ1) is 9.10. The quantitative estimate of drug-likeness (QED) is 0.664. The Labute approximate surface area is 114 Å². The van der Waals surface area contributed by atoms with Crippen molar-refractivity contribution in [2.24, 2.45) is 17.6 Å². The lowest BCUT2D eigenvalue weighted by molar-refractivity contribution is -0.121. The number of rotatable bonds is 4. The fourth-order valence-electron chi connectivity index (χ4n) is 3.18. The summed E-state index contributed by atoms with van der Waals surface area (Å²) in [5.41, 5.74) is 6.06. The second-order valence-corrected chi connectivity index (χ2v) is 5.66. The third-order valence-electron chi connectivity index (χ3n) is 4.14. The molecule has 2 rings (SSSR count). The molecule has 1 saturated heterocycles. The highest BCUT2D eigenvalue weighted by Gasteiger charge is 2.41. The number of likely N-dealkylation sites (tertiary alicyclic amines) is 1. The number of nitrogens with zero attached hydrogens (tertiary/aromatic N) is 1. The van der Waals surface area contributed by atoms with Crippen LogP contribution < -0.4 is 16.4 Å². The second kappa shape index (κ2) is 6.34. The van der Waals surface area contributed by atoms with E-state index in [1.807, 2.05) is 6.92 Å². The van der Waals surface area contributed by atoms with Crippen LogP contribution in [0.3, 0.4) is 0 Å². The Balaban J connectivity index is 1.71. The number of carbonyl (C=O) groups excluding carboxylic acids is 2. The average Bonchev–Trinajstić information content (AvgIpc) is 2.89. The maximum atomic E-state index is 11.7. The molecule has 108 valence electrons. The van der Waals surface area contributed by atoms with Crippen molar-refractivity contribution in [1.29, 1.82) is 0 Å². The van der Waals surface area contributed by atoms with Gasteiger partial charge in [0.15, 0.2) is 0 Å². The molecule has 1 saturated carbocycles. The van der Waals surface area contributed by atoms with Crippen molar-refractivity contribution in [2.45, 2.75) is 32.2 Å². The molecule has 0 bridgehead atoms. The first kappa shape index (κ1) is 14.3. The summed E-state index contributed by atoms with van der Waals surface area (Å²) >= 11 is 0. The van der Waals surface area contributed by atoms with Crippen molar-refractivity contribution in [1.82, 2.24) is 15.5 Å². The van der Waals surface area contributed by atoms with Gasteiger partial charge in [0.2, 0.25) is 5.91 Å². The van der Waals surface area contributed by atoms with Crippen molar-refractivity contribution < 1.29 is 9.59 Å². The van der Waals surface area contributed by atoms with Crippen molar-refractivity contribution in [3.8, 4) is 0 Å². The van der Waals surface area contributed by atoms with Crippen LogP contribution >= 0.6 is 0 Å². The van der Waals surface area contributed by atoms with Crippen molar-refractivity contribution >= 4 is 11.9 Å². The van der Waals surface area contributed by atoms with E-state index in [-0.39, 0.29) is 11.9 Å². The van der Waals surface area contributed by atoms with E-state index in [1.54, 1.807) is 0 Å². The molecule has 2 aliphatic rings. The lowest BCUT2D eigenvalue weighted by atomic mass is 9.98. The zero-order valence-corrected chi connectivity index (χ0v) is 11.5. The Morgan fingerprint density at radius 1 is 1.32 bits per heavy atom. The van der Waals surface area contributed by atoms with Crippen LogP contribution in [0.15, 0.2) is 0 Å². The highest BCUT2D eigenvalue weighted by atomic mass is 16.2. The molecule has 4 N–H and O–H groups in total. The number of nitrogens with one attached hydrogen (secondary N) is 2. The van der Waals surface area contributed by atoms with E-state index >= 15 is 0 Å². The highest BCUT2D eigenvalue weighted by molar-refractivity contribution is 5.95. The molecule has 6 heteroatoms. The predicted molar refractivity (Wildman–Crippen MR) is 72.5 cm³/mol. The van der Waals surface area contributed by atoms with Crippen LogP contribution in [0.25, 0.3) is 0 Å². The number of nitrogens with two attached hydrogens (primary N) is 1. The molecule has 1 aliphatic carbocycles. The van der Waals surface area contributed by atoms with E-state index in [4.69, 9.17) is 5.73 Å². The van der Waals surface area contributed by atoms with Crippen LogP contribution in [0.5, 0.6) is 0 Å². The first-order valence-electron chi connectivity index (χ1n) is 7.15. The van der Waals surface area contributed by atoms with Gasteiger partial charge in [-0.25, -0.2) is 4.79 Å². The summed E-state index contributed by atoms with van der Waals surface area (Å²) in [7, 11) is 0. The Bertz CT molecular complexity index is 348. The topological polar surface area (TPSA) is 87.5 Å². The van der Waals surface area contributed by atoms with Gasteiger partial charge < -0.3 is 11.1 Å². The normalized spacial score (nSPS) is 30.1. The molecule has 0 aromatic carbocycles. The standard InChI is InChI=1S/C13H24N4O2/c1-2-5-15-13(19)16-12(18)8-17-6-9-3-4-11(14)10(9)7-17/h9-11H,2-8,14H2,1H3,(H2,15,16,18,19). The largest absolute Gasteiger partial charge is 0.338 e. The van der Waals surface area contributed by atoms with Gasteiger partial charge in [0.1, 0.15) is 0 Å². The van der Waals surface area contributed by atoms with Gasteiger partial charge >= 0.3 is 6.03 Å². The van der Waals surface area contributed by atoms with Gasteiger partial charge in [-0.1, -0.05) is 6.92 Å². The molecule has 6 nitrogen and oxygen atoms in total. The molecular formula is C13H24N4O2. The van der Waals surface area contributed by atoms with Crippen molar-refractivity contribution in [2.75, 3.05) is 26.2 Å². The number of carbonyl (C=O) groups is 2. The molecule has 19 heavy (non-hydrogen) atoms. The highest BCUT2D eigenvalue weighted by Crippen LogP contribution is 2.36. The minimum atomic E-state index is -0.400. The van der Waals surface area contributed by atoms with Crippen LogP contribution in [-0.4, -0.2) is 49.1 Å². The lowest BCUT2D eigenvalue weighted by Crippen LogP contribution is -2.44. The minimum absolute atomic E-state index is 0.234. The summed E-state index contributed by atoms with van der Waals surface area (Å²) in [6.45, 7) is 4.66. The Kier molecular flexibility index (Phi) is 4.76. The van der Waals surface area contributed by atoms with Crippen LogP contribution in [0.4, 0.5) is 4.79 Å². The summed E-state index contributed by atoms with van der Waals surface area (Å²) in [4.78, 5) is 25.2. The molecule has 0 aromatic heterocycles. The summed E-state index contributed by atoms with van der Waals surface area (Å²) in [5, 5.41) is 4.98. The molecule has 3 unspecified atom stereocenters. The fraction of sp³-hybridized carbons (Fsp3) is 0.846. The van der Waals surface area contributed by atoms with Crippen molar-refractivity contribution in [3.05, 3.63) is 0 Å². The van der Waals surface area contributed by atoms with Crippen LogP contribution in [0, 0.1) is 11.8 Å². The summed E-state index contributed by atoms with van der Waals surface area (Å²) in [5.74, 6) is 0.931. The molecule has 3 atom stereocenters. The van der Waals surface area contributed by atoms with Gasteiger partial charge in [0, 0.05) is 25.7 Å². The second-order valence-electron chi connectivity index (χ2n) is 5.66. The SMILES string of the molecule is CCCNC(=O)NC(=O)CN1CC2CCC(N)C2C1. The van der Waals surface area contributed by atoms with E-state index in [9.17, 15) is 9.59 Å². The summed E-state index contributed by atoms with van der Waals surface area (Å²) in [6.07, 6.45) is 3.13. The summed E-state index contributed by atoms with van der Waals surface area (Å²) in [6, 6.07) is -0.117. The van der Waals surface area contributed by atoms with Crippen LogP contribution in [-0.2, 0) is 4.79 Å². The zero-order valence-electron chi connectivity index (χ0n) is 11.5. The molecule has 3 amide bonds. The number of amides is 3. The van der Waals surface area contributed by atoms with E-state index in [0.717, 1.165) is 25.9 Å². The van der Waals surface area contributed by atoms with E-state index in [2.05, 4.69) is 15.5 Å². The number of hydrogen-bond donors (Lipinski definition) is 3. The van der Waals surface area contributed by atoms with Crippen LogP contribution in [0.2, 0.25) is 0 Å². The minimum Gasteiger partial charge on any atom is -0.338 e. The van der Waals surface area contributed by atoms with Crippen LogP contribution in [0.1, 0.15) is 26.2 Å². The molecule has 0 radical (unpaired) electrons. The Morgan fingerprint density at radius 2 is 2.11 bits per heavy atom. The number of fused-ring (bicyclic) bond motifs is 1. The number of imide groups is 1. The summed E-state index contributed by atoms with van der Waals surface area (Å²) < 4.78 is 0. The van der Waals surface area contributed by atoms with Gasteiger partial charge in [0.05, 0.1) is 6.54 Å². The number of urea groups is 1. The van der Waals surface area contributed by atoms with Gasteiger partial charge in [-0.15, -0.1) is 0 Å². The molecule has 0 spiro atoms. The monoisotopic (exact) mass is 268 g/mol. The molecule has 1 aliphatic heterocycles. The Morgan fingerprint density at radius 3 is 2.79 bits per heavy atom. The van der Waals surface area contributed by atoms with E-state index < -0.39 is 6.03 Å². The molecule has 0 aromatic rings. The molecule has 1 heterocycles. The van der Waals surface area contributed by atoms with Gasteiger partial charge in [-0.05, 0) is 31.1 Å².